The smallest absolute Gasteiger partial charge is 0.136 e. The first-order valence-electron chi connectivity index (χ1n) is 5.90. The summed E-state index contributed by atoms with van der Waals surface area (Å²) in [6.45, 7) is 2.13. The first kappa shape index (κ1) is 10.4. The van der Waals surface area contributed by atoms with Gasteiger partial charge in [-0.1, -0.05) is 43.7 Å². The Kier molecular flexibility index (Phi) is 3.20. The monoisotopic (exact) mass is 202 g/mol. The summed E-state index contributed by atoms with van der Waals surface area (Å²) in [4.78, 5) is 11.7. The molecule has 0 spiro atoms. The minimum absolute atomic E-state index is 0.332. The normalized spacial score (nSPS) is 23.8. The summed E-state index contributed by atoms with van der Waals surface area (Å²) in [5.41, 5.74) is 1.34. The van der Waals surface area contributed by atoms with Gasteiger partial charge in [0.15, 0.2) is 0 Å². The van der Waals surface area contributed by atoms with Crippen LogP contribution in [-0.2, 0) is 4.79 Å². The maximum absolute atomic E-state index is 11.7. The Hall–Kier alpha value is -1.11. The fourth-order valence-corrected chi connectivity index (χ4v) is 2.16. The maximum Gasteiger partial charge on any atom is 0.136 e. The van der Waals surface area contributed by atoms with E-state index in [0.717, 1.165) is 25.7 Å². The maximum atomic E-state index is 11.7. The molecule has 0 aromatic heterocycles. The van der Waals surface area contributed by atoms with Crippen molar-refractivity contribution >= 4 is 5.78 Å². The predicted molar refractivity (Wildman–Crippen MR) is 61.8 cm³/mol. The van der Waals surface area contributed by atoms with Crippen LogP contribution in [-0.4, -0.2) is 5.78 Å². The summed E-state index contributed by atoms with van der Waals surface area (Å²) in [7, 11) is 0. The van der Waals surface area contributed by atoms with Crippen molar-refractivity contribution in [2.75, 3.05) is 0 Å². The fourth-order valence-electron chi connectivity index (χ4n) is 2.16. The molecule has 0 N–H and O–H groups in total. The molecule has 0 amide bonds. The topological polar surface area (TPSA) is 17.1 Å². The van der Waals surface area contributed by atoms with Gasteiger partial charge in [0, 0.05) is 12.3 Å². The third kappa shape index (κ3) is 2.47. The van der Waals surface area contributed by atoms with E-state index in [1.54, 1.807) is 0 Å². The highest BCUT2D eigenvalue weighted by atomic mass is 16.1. The van der Waals surface area contributed by atoms with Crippen LogP contribution in [0.25, 0.3) is 0 Å². The Bertz CT molecular complexity index is 328. The van der Waals surface area contributed by atoms with E-state index in [1.165, 1.54) is 5.56 Å². The van der Waals surface area contributed by atoms with E-state index < -0.39 is 0 Å². The lowest BCUT2D eigenvalue weighted by atomic mass is 10.0. The van der Waals surface area contributed by atoms with Gasteiger partial charge < -0.3 is 0 Å². The lowest BCUT2D eigenvalue weighted by Gasteiger charge is -1.99. The Morgan fingerprint density at radius 2 is 2.07 bits per heavy atom. The number of hydrogen-bond acceptors (Lipinski definition) is 1. The molecular formula is C14H18O. The molecule has 1 nitrogen and oxygen atoms in total. The van der Waals surface area contributed by atoms with Crippen LogP contribution >= 0.6 is 0 Å². The van der Waals surface area contributed by atoms with E-state index in [4.69, 9.17) is 0 Å². The lowest BCUT2D eigenvalue weighted by molar-refractivity contribution is -0.120. The van der Waals surface area contributed by atoms with Crippen LogP contribution in [0.2, 0.25) is 0 Å². The molecule has 1 fully saturated rings. The van der Waals surface area contributed by atoms with E-state index in [2.05, 4.69) is 31.2 Å². The molecule has 0 radical (unpaired) electrons. The second kappa shape index (κ2) is 4.61. The average molecular weight is 202 g/mol. The molecular weight excluding hydrogens is 184 g/mol. The molecule has 1 aromatic carbocycles. The van der Waals surface area contributed by atoms with E-state index in [9.17, 15) is 4.79 Å². The molecule has 1 aromatic rings. The molecule has 80 valence electrons. The van der Waals surface area contributed by atoms with E-state index >= 15 is 0 Å². The quantitative estimate of drug-likeness (QED) is 0.713. The van der Waals surface area contributed by atoms with Gasteiger partial charge in [0.2, 0.25) is 0 Å². The third-order valence-corrected chi connectivity index (χ3v) is 3.21. The number of ketones is 1. The SMILES string of the molecule is CCCCC(=O)[C@H]1C[C@@H]1c1ccccc1. The van der Waals surface area contributed by atoms with Crippen LogP contribution in [0.1, 0.15) is 44.1 Å². The number of carbonyl (C=O) groups is 1. The number of benzene rings is 1. The largest absolute Gasteiger partial charge is 0.299 e. The molecule has 1 saturated carbocycles. The van der Waals surface area contributed by atoms with Crippen LogP contribution < -0.4 is 0 Å². The number of hydrogen-bond donors (Lipinski definition) is 0. The van der Waals surface area contributed by atoms with Gasteiger partial charge in [-0.15, -0.1) is 0 Å². The molecule has 1 aliphatic carbocycles. The standard InChI is InChI=1S/C14H18O/c1-2-3-9-14(15)13-10-12(13)11-7-5-4-6-8-11/h4-8,12-13H,2-3,9-10H2,1H3/t12-,13+/m1/s1. The minimum Gasteiger partial charge on any atom is -0.299 e. The highest BCUT2D eigenvalue weighted by Gasteiger charge is 2.42. The lowest BCUT2D eigenvalue weighted by Crippen LogP contribution is -2.01. The fraction of sp³-hybridized carbons (Fsp3) is 0.500. The second-order valence-corrected chi connectivity index (χ2v) is 4.43. The van der Waals surface area contributed by atoms with Crippen molar-refractivity contribution in [1.82, 2.24) is 0 Å². The van der Waals surface area contributed by atoms with Crippen molar-refractivity contribution in [3.8, 4) is 0 Å². The van der Waals surface area contributed by atoms with Crippen molar-refractivity contribution < 1.29 is 4.79 Å². The Morgan fingerprint density at radius 3 is 2.73 bits per heavy atom. The van der Waals surface area contributed by atoms with Gasteiger partial charge in [0.05, 0.1) is 0 Å². The van der Waals surface area contributed by atoms with Crippen LogP contribution in [0.15, 0.2) is 30.3 Å². The molecule has 0 saturated heterocycles. The van der Waals surface area contributed by atoms with E-state index in [1.807, 2.05) is 6.07 Å². The summed E-state index contributed by atoms with van der Waals surface area (Å²) in [5.74, 6) is 1.33. The van der Waals surface area contributed by atoms with Crippen LogP contribution in [0, 0.1) is 5.92 Å². The molecule has 1 aliphatic rings. The Labute approximate surface area is 91.5 Å². The first-order valence-corrected chi connectivity index (χ1v) is 5.90. The summed E-state index contributed by atoms with van der Waals surface area (Å²) < 4.78 is 0. The summed E-state index contributed by atoms with van der Waals surface area (Å²) >= 11 is 0. The van der Waals surface area contributed by atoms with Gasteiger partial charge in [-0.2, -0.15) is 0 Å². The summed E-state index contributed by atoms with van der Waals surface area (Å²) in [6.07, 6.45) is 4.03. The molecule has 2 rings (SSSR count). The minimum atomic E-state index is 0.332. The zero-order chi connectivity index (χ0) is 10.7. The molecule has 1 heteroatoms. The van der Waals surface area contributed by atoms with Crippen molar-refractivity contribution in [2.45, 2.75) is 38.5 Å². The van der Waals surface area contributed by atoms with Crippen LogP contribution in [0.4, 0.5) is 0 Å². The zero-order valence-corrected chi connectivity index (χ0v) is 9.28. The molecule has 0 bridgehead atoms. The van der Waals surface area contributed by atoms with Crippen LogP contribution in [0.5, 0.6) is 0 Å². The van der Waals surface area contributed by atoms with Crippen molar-refractivity contribution in [1.29, 1.82) is 0 Å². The number of carbonyl (C=O) groups excluding carboxylic acids is 1. The molecule has 2 atom stereocenters. The van der Waals surface area contributed by atoms with Crippen molar-refractivity contribution in [2.24, 2.45) is 5.92 Å². The molecule has 0 heterocycles. The zero-order valence-electron chi connectivity index (χ0n) is 9.28. The molecule has 0 unspecified atom stereocenters. The number of Topliss-reactive ketones (excluding diaryl/α,β-unsaturated/α-hetero) is 1. The van der Waals surface area contributed by atoms with Crippen LogP contribution in [0.3, 0.4) is 0 Å². The van der Waals surface area contributed by atoms with Gasteiger partial charge in [-0.05, 0) is 24.3 Å². The highest BCUT2D eigenvalue weighted by Crippen LogP contribution is 2.48. The van der Waals surface area contributed by atoms with Crippen molar-refractivity contribution in [3.05, 3.63) is 35.9 Å². The van der Waals surface area contributed by atoms with Gasteiger partial charge in [0.25, 0.3) is 0 Å². The number of unbranched alkanes of at least 4 members (excludes halogenated alkanes) is 1. The summed E-state index contributed by atoms with van der Waals surface area (Å²) in [6, 6.07) is 10.4. The third-order valence-electron chi connectivity index (χ3n) is 3.21. The molecule has 0 aliphatic heterocycles. The van der Waals surface area contributed by atoms with E-state index in [0.29, 0.717) is 17.6 Å². The van der Waals surface area contributed by atoms with E-state index in [-0.39, 0.29) is 0 Å². The predicted octanol–water partition coefficient (Wildman–Crippen LogP) is 3.55. The Morgan fingerprint density at radius 1 is 1.33 bits per heavy atom. The second-order valence-electron chi connectivity index (χ2n) is 4.43. The van der Waals surface area contributed by atoms with Gasteiger partial charge >= 0.3 is 0 Å². The van der Waals surface area contributed by atoms with Gasteiger partial charge in [0.1, 0.15) is 5.78 Å². The van der Waals surface area contributed by atoms with Crippen molar-refractivity contribution in [3.63, 3.8) is 0 Å². The average Bonchev–Trinajstić information content (AvgIpc) is 3.07. The van der Waals surface area contributed by atoms with Gasteiger partial charge in [-0.25, -0.2) is 0 Å². The van der Waals surface area contributed by atoms with Gasteiger partial charge in [-0.3, -0.25) is 4.79 Å². The molecule has 15 heavy (non-hydrogen) atoms. The highest BCUT2D eigenvalue weighted by molar-refractivity contribution is 5.84. The summed E-state index contributed by atoms with van der Waals surface area (Å²) in [5, 5.41) is 0. The first-order chi connectivity index (χ1) is 7.33. The Balaban J connectivity index is 1.88. The number of rotatable bonds is 5.